The van der Waals surface area contributed by atoms with Crippen molar-refractivity contribution in [2.75, 3.05) is 0 Å². The number of halogens is 1. The molecular weight excluding hydrogens is 258 g/mol. The van der Waals surface area contributed by atoms with Crippen LogP contribution in [0.2, 0.25) is 5.02 Å². The molecule has 0 aliphatic heterocycles. The Morgan fingerprint density at radius 3 is 2.42 bits per heavy atom. The van der Waals surface area contributed by atoms with Gasteiger partial charge in [0, 0.05) is 27.4 Å². The Morgan fingerprint density at radius 1 is 1.05 bits per heavy atom. The van der Waals surface area contributed by atoms with Gasteiger partial charge in [-0.15, -0.1) is 0 Å². The standard InChI is InChI=1S/C16H12ClNO/c1-11-15(10-19)14-4-2-3-5-16(14)18(11)13-8-6-12(17)7-9-13/h2-10H,1H3. The van der Waals surface area contributed by atoms with E-state index in [1.165, 1.54) is 0 Å². The van der Waals surface area contributed by atoms with Gasteiger partial charge in [-0.1, -0.05) is 29.8 Å². The van der Waals surface area contributed by atoms with E-state index in [9.17, 15) is 4.79 Å². The zero-order chi connectivity index (χ0) is 13.4. The summed E-state index contributed by atoms with van der Waals surface area (Å²) in [6.07, 6.45) is 0.921. The summed E-state index contributed by atoms with van der Waals surface area (Å²) in [6, 6.07) is 15.5. The van der Waals surface area contributed by atoms with E-state index in [0.29, 0.717) is 5.02 Å². The molecule has 0 saturated heterocycles. The lowest BCUT2D eigenvalue weighted by Crippen LogP contribution is -1.96. The average molecular weight is 270 g/mol. The number of para-hydroxylation sites is 1. The maximum Gasteiger partial charge on any atom is 0.152 e. The molecule has 0 bridgehead atoms. The van der Waals surface area contributed by atoms with Crippen LogP contribution in [0.1, 0.15) is 16.1 Å². The summed E-state index contributed by atoms with van der Waals surface area (Å²) < 4.78 is 2.08. The molecule has 0 spiro atoms. The fraction of sp³-hybridized carbons (Fsp3) is 0.0625. The van der Waals surface area contributed by atoms with Gasteiger partial charge in [0.2, 0.25) is 0 Å². The van der Waals surface area contributed by atoms with Crippen LogP contribution in [-0.4, -0.2) is 10.9 Å². The molecule has 0 atom stereocenters. The molecule has 0 unspecified atom stereocenters. The molecule has 0 N–H and O–H groups in total. The summed E-state index contributed by atoms with van der Waals surface area (Å²) in [5.41, 5.74) is 3.72. The highest BCUT2D eigenvalue weighted by molar-refractivity contribution is 6.30. The summed E-state index contributed by atoms with van der Waals surface area (Å²) in [5, 5.41) is 1.68. The van der Waals surface area contributed by atoms with Crippen molar-refractivity contribution in [3.05, 3.63) is 64.8 Å². The lowest BCUT2D eigenvalue weighted by Gasteiger charge is -2.08. The number of aldehydes is 1. The predicted molar refractivity (Wildman–Crippen MR) is 78.4 cm³/mol. The van der Waals surface area contributed by atoms with Crippen LogP contribution in [-0.2, 0) is 0 Å². The van der Waals surface area contributed by atoms with Crippen LogP contribution in [0, 0.1) is 6.92 Å². The van der Waals surface area contributed by atoms with Crippen LogP contribution >= 0.6 is 11.6 Å². The number of hydrogen-bond donors (Lipinski definition) is 0. The normalized spacial score (nSPS) is 10.8. The van der Waals surface area contributed by atoms with Crippen molar-refractivity contribution in [2.24, 2.45) is 0 Å². The Hall–Kier alpha value is -2.06. The summed E-state index contributed by atoms with van der Waals surface area (Å²) in [6.45, 7) is 1.96. The first kappa shape index (κ1) is 12.0. The topological polar surface area (TPSA) is 22.0 Å². The van der Waals surface area contributed by atoms with E-state index >= 15 is 0 Å². The van der Waals surface area contributed by atoms with Gasteiger partial charge in [0.15, 0.2) is 6.29 Å². The molecular formula is C16H12ClNO. The van der Waals surface area contributed by atoms with Crippen LogP contribution in [0.25, 0.3) is 16.6 Å². The minimum atomic E-state index is 0.702. The van der Waals surface area contributed by atoms with Crippen molar-refractivity contribution in [1.29, 1.82) is 0 Å². The number of rotatable bonds is 2. The molecule has 0 aliphatic carbocycles. The molecule has 3 rings (SSSR count). The van der Waals surface area contributed by atoms with Gasteiger partial charge in [-0.2, -0.15) is 0 Å². The van der Waals surface area contributed by atoms with Crippen molar-refractivity contribution in [1.82, 2.24) is 4.57 Å². The van der Waals surface area contributed by atoms with E-state index in [4.69, 9.17) is 11.6 Å². The van der Waals surface area contributed by atoms with Gasteiger partial charge in [0.05, 0.1) is 5.52 Å². The van der Waals surface area contributed by atoms with Crippen molar-refractivity contribution in [3.63, 3.8) is 0 Å². The van der Waals surface area contributed by atoms with Gasteiger partial charge in [0.1, 0.15) is 0 Å². The second-order valence-electron chi connectivity index (χ2n) is 4.45. The first-order valence-corrected chi connectivity index (χ1v) is 6.41. The van der Waals surface area contributed by atoms with E-state index in [1.807, 2.05) is 55.5 Å². The summed E-state index contributed by atoms with van der Waals surface area (Å²) >= 11 is 5.92. The lowest BCUT2D eigenvalue weighted by molar-refractivity contribution is 0.112. The molecule has 1 aromatic heterocycles. The maximum absolute atomic E-state index is 11.3. The zero-order valence-electron chi connectivity index (χ0n) is 10.4. The molecule has 2 nitrogen and oxygen atoms in total. The van der Waals surface area contributed by atoms with Gasteiger partial charge in [-0.05, 0) is 37.3 Å². The molecule has 0 radical (unpaired) electrons. The average Bonchev–Trinajstić information content (AvgIpc) is 2.71. The van der Waals surface area contributed by atoms with Gasteiger partial charge >= 0.3 is 0 Å². The molecule has 3 aromatic rings. The Balaban J connectivity index is 2.37. The number of benzene rings is 2. The van der Waals surface area contributed by atoms with Crippen molar-refractivity contribution in [2.45, 2.75) is 6.92 Å². The number of aromatic nitrogens is 1. The fourth-order valence-electron chi connectivity index (χ4n) is 2.46. The van der Waals surface area contributed by atoms with E-state index in [2.05, 4.69) is 4.57 Å². The minimum Gasteiger partial charge on any atom is -0.313 e. The van der Waals surface area contributed by atoms with Gasteiger partial charge in [0.25, 0.3) is 0 Å². The molecule has 0 amide bonds. The second kappa shape index (κ2) is 4.56. The smallest absolute Gasteiger partial charge is 0.152 e. The second-order valence-corrected chi connectivity index (χ2v) is 4.88. The highest BCUT2D eigenvalue weighted by Crippen LogP contribution is 2.28. The summed E-state index contributed by atoms with van der Waals surface area (Å²) in [5.74, 6) is 0. The molecule has 1 heterocycles. The van der Waals surface area contributed by atoms with Crippen molar-refractivity contribution < 1.29 is 4.79 Å². The number of fused-ring (bicyclic) bond motifs is 1. The molecule has 19 heavy (non-hydrogen) atoms. The Morgan fingerprint density at radius 2 is 1.74 bits per heavy atom. The van der Waals surface area contributed by atoms with Gasteiger partial charge in [-0.3, -0.25) is 4.79 Å². The lowest BCUT2D eigenvalue weighted by atomic mass is 10.1. The largest absolute Gasteiger partial charge is 0.313 e. The first-order valence-electron chi connectivity index (χ1n) is 6.03. The molecule has 2 aromatic carbocycles. The molecule has 0 aliphatic rings. The van der Waals surface area contributed by atoms with Crippen LogP contribution < -0.4 is 0 Å². The van der Waals surface area contributed by atoms with Crippen LogP contribution in [0.15, 0.2) is 48.5 Å². The summed E-state index contributed by atoms with van der Waals surface area (Å²) in [7, 11) is 0. The van der Waals surface area contributed by atoms with Crippen LogP contribution in [0.4, 0.5) is 0 Å². The molecule has 3 heteroatoms. The van der Waals surface area contributed by atoms with Gasteiger partial charge in [-0.25, -0.2) is 0 Å². The number of nitrogens with zero attached hydrogens (tertiary/aromatic N) is 1. The highest BCUT2D eigenvalue weighted by Gasteiger charge is 2.13. The molecule has 0 fully saturated rings. The number of carbonyl (C=O) groups excluding carboxylic acids is 1. The summed E-state index contributed by atoms with van der Waals surface area (Å²) in [4.78, 5) is 11.3. The van der Waals surface area contributed by atoms with E-state index in [1.54, 1.807) is 0 Å². The highest BCUT2D eigenvalue weighted by atomic mass is 35.5. The minimum absolute atomic E-state index is 0.702. The van der Waals surface area contributed by atoms with Crippen molar-refractivity contribution in [3.8, 4) is 5.69 Å². The number of carbonyl (C=O) groups is 1. The first-order chi connectivity index (χ1) is 9.22. The number of hydrogen-bond acceptors (Lipinski definition) is 1. The molecule has 94 valence electrons. The van der Waals surface area contributed by atoms with Crippen LogP contribution in [0.5, 0.6) is 0 Å². The van der Waals surface area contributed by atoms with Gasteiger partial charge < -0.3 is 4.57 Å². The quantitative estimate of drug-likeness (QED) is 0.632. The zero-order valence-corrected chi connectivity index (χ0v) is 11.2. The third-order valence-electron chi connectivity index (χ3n) is 3.36. The maximum atomic E-state index is 11.3. The SMILES string of the molecule is Cc1c(C=O)c2ccccc2n1-c1ccc(Cl)cc1. The van der Waals surface area contributed by atoms with E-state index in [-0.39, 0.29) is 0 Å². The van der Waals surface area contributed by atoms with Crippen molar-refractivity contribution >= 4 is 28.8 Å². The Bertz CT molecular complexity index is 756. The van der Waals surface area contributed by atoms with Crippen LogP contribution in [0.3, 0.4) is 0 Å². The van der Waals surface area contributed by atoms with E-state index in [0.717, 1.165) is 34.1 Å². The third kappa shape index (κ3) is 1.85. The monoisotopic (exact) mass is 269 g/mol. The Kier molecular flexibility index (Phi) is 2.88. The third-order valence-corrected chi connectivity index (χ3v) is 3.61. The predicted octanol–water partition coefficient (Wildman–Crippen LogP) is 4.40. The van der Waals surface area contributed by atoms with E-state index < -0.39 is 0 Å². The molecule has 0 saturated carbocycles. The Labute approximate surface area is 116 Å². The fourth-order valence-corrected chi connectivity index (χ4v) is 2.59.